The molecule has 0 radical (unpaired) electrons. The molecule has 6 heteroatoms. The van der Waals surface area contributed by atoms with Gasteiger partial charge in [-0.1, -0.05) is 18.7 Å². The van der Waals surface area contributed by atoms with E-state index in [-0.39, 0.29) is 11.0 Å². The number of ether oxygens (including phenoxy) is 1. The Morgan fingerprint density at radius 3 is 2.86 bits per heavy atom. The number of aromatic nitrogens is 2. The number of fused-ring (bicyclic) bond motifs is 2. The first-order valence-corrected chi connectivity index (χ1v) is 9.59. The lowest BCUT2D eigenvalue weighted by atomic mass is 9.96. The minimum atomic E-state index is -0.264. The van der Waals surface area contributed by atoms with Crippen molar-refractivity contribution in [2.24, 2.45) is 0 Å². The molecular formula is C16H22N2O2S2. The third kappa shape index (κ3) is 2.72. The minimum absolute atomic E-state index is 0.102. The molecule has 2 aromatic heterocycles. The van der Waals surface area contributed by atoms with E-state index in [1.807, 2.05) is 13.8 Å². The van der Waals surface area contributed by atoms with Crippen LogP contribution in [0.1, 0.15) is 44.6 Å². The van der Waals surface area contributed by atoms with Gasteiger partial charge in [-0.3, -0.25) is 4.79 Å². The highest BCUT2D eigenvalue weighted by atomic mass is 32.2. The molecule has 2 aromatic rings. The number of aryl methyl sites for hydroxylation is 1. The van der Waals surface area contributed by atoms with Crippen LogP contribution in [-0.4, -0.2) is 20.9 Å². The number of imidazole rings is 1. The van der Waals surface area contributed by atoms with Crippen molar-refractivity contribution >= 4 is 33.4 Å². The molecule has 1 aliphatic rings. The average Bonchev–Trinajstić information content (AvgIpc) is 2.83. The van der Waals surface area contributed by atoms with Crippen LogP contribution in [0.5, 0.6) is 0 Å². The van der Waals surface area contributed by atoms with Gasteiger partial charge in [0.15, 0.2) is 5.16 Å². The topological polar surface area (TPSA) is 44.1 Å². The third-order valence-corrected chi connectivity index (χ3v) is 6.28. The molecule has 3 heterocycles. The number of hydrogen-bond acceptors (Lipinski definition) is 5. The Balaban J connectivity index is 2.18. The fraction of sp³-hybridized carbons (Fsp3) is 0.625. The first kappa shape index (κ1) is 16.0. The summed E-state index contributed by atoms with van der Waals surface area (Å²) >= 11 is 3.41. The Labute approximate surface area is 138 Å². The normalized spacial score (nSPS) is 16.9. The Bertz CT molecular complexity index is 762. The van der Waals surface area contributed by atoms with Gasteiger partial charge in [-0.15, -0.1) is 11.3 Å². The van der Waals surface area contributed by atoms with Gasteiger partial charge in [0.1, 0.15) is 10.3 Å². The fourth-order valence-electron chi connectivity index (χ4n) is 2.73. The van der Waals surface area contributed by atoms with Gasteiger partial charge >= 0.3 is 0 Å². The van der Waals surface area contributed by atoms with Gasteiger partial charge < -0.3 is 9.30 Å². The molecule has 0 saturated heterocycles. The van der Waals surface area contributed by atoms with Gasteiger partial charge in [-0.25, -0.2) is 4.98 Å². The van der Waals surface area contributed by atoms with E-state index in [2.05, 4.69) is 23.4 Å². The van der Waals surface area contributed by atoms with Crippen LogP contribution in [0.4, 0.5) is 0 Å². The second-order valence-electron chi connectivity index (χ2n) is 6.20. The summed E-state index contributed by atoms with van der Waals surface area (Å²) in [7, 11) is 0. The Morgan fingerprint density at radius 1 is 1.41 bits per heavy atom. The van der Waals surface area contributed by atoms with Crippen molar-refractivity contribution in [3.8, 4) is 0 Å². The molecule has 4 nitrogen and oxygen atoms in total. The van der Waals surface area contributed by atoms with Crippen molar-refractivity contribution in [2.75, 3.05) is 5.75 Å². The van der Waals surface area contributed by atoms with Gasteiger partial charge in [-0.2, -0.15) is 0 Å². The van der Waals surface area contributed by atoms with Crippen molar-refractivity contribution < 1.29 is 4.74 Å². The third-order valence-electron chi connectivity index (χ3n) is 3.88. The summed E-state index contributed by atoms with van der Waals surface area (Å²) in [4.78, 5) is 19.6. The van der Waals surface area contributed by atoms with E-state index in [9.17, 15) is 4.79 Å². The highest BCUT2D eigenvalue weighted by Gasteiger charge is 2.30. The summed E-state index contributed by atoms with van der Waals surface area (Å²) in [6.07, 6.45) is 1.77. The van der Waals surface area contributed by atoms with E-state index >= 15 is 0 Å². The zero-order chi connectivity index (χ0) is 15.9. The zero-order valence-electron chi connectivity index (χ0n) is 13.6. The highest BCUT2D eigenvalue weighted by Crippen LogP contribution is 2.33. The lowest BCUT2D eigenvalue weighted by Gasteiger charge is -2.30. The van der Waals surface area contributed by atoms with Crippen LogP contribution in [0.3, 0.4) is 0 Å². The second-order valence-corrected chi connectivity index (χ2v) is 8.34. The van der Waals surface area contributed by atoms with E-state index in [0.717, 1.165) is 39.1 Å². The molecule has 120 valence electrons. The van der Waals surface area contributed by atoms with E-state index in [0.29, 0.717) is 18.5 Å². The molecule has 1 aliphatic heterocycles. The molecule has 3 rings (SSSR count). The van der Waals surface area contributed by atoms with E-state index in [1.165, 1.54) is 0 Å². The summed E-state index contributed by atoms with van der Waals surface area (Å²) in [5, 5.41) is 0.968. The maximum atomic E-state index is 12.9. The van der Waals surface area contributed by atoms with Crippen LogP contribution in [0.25, 0.3) is 10.3 Å². The second kappa shape index (κ2) is 5.98. The van der Waals surface area contributed by atoms with Gasteiger partial charge in [-0.05, 0) is 27.2 Å². The average molecular weight is 338 g/mol. The van der Waals surface area contributed by atoms with Gasteiger partial charge in [0.2, 0.25) is 5.43 Å². The van der Waals surface area contributed by atoms with Crippen molar-refractivity contribution in [1.82, 2.24) is 9.55 Å². The molecule has 0 amide bonds. The van der Waals surface area contributed by atoms with Crippen LogP contribution in [0, 0.1) is 0 Å². The van der Waals surface area contributed by atoms with Crippen molar-refractivity contribution in [3.63, 3.8) is 0 Å². The number of thioether (sulfide) groups is 1. The Morgan fingerprint density at radius 2 is 2.18 bits per heavy atom. The zero-order valence-corrected chi connectivity index (χ0v) is 15.2. The van der Waals surface area contributed by atoms with Crippen molar-refractivity contribution in [2.45, 2.75) is 64.4 Å². The SMILES string of the molecule is CCCSc1nc2c(=O)c3c(sc2n1CC)COC(C)(C)C3. The molecule has 0 aliphatic carbocycles. The van der Waals surface area contributed by atoms with Crippen LogP contribution >= 0.6 is 23.1 Å². The minimum Gasteiger partial charge on any atom is -0.370 e. The molecule has 22 heavy (non-hydrogen) atoms. The summed E-state index contributed by atoms with van der Waals surface area (Å²) in [5.41, 5.74) is 1.38. The molecule has 0 unspecified atom stereocenters. The highest BCUT2D eigenvalue weighted by molar-refractivity contribution is 7.99. The maximum absolute atomic E-state index is 12.9. The number of hydrogen-bond donors (Lipinski definition) is 0. The Kier molecular flexibility index (Phi) is 4.36. The van der Waals surface area contributed by atoms with Gasteiger partial charge in [0, 0.05) is 29.2 Å². The van der Waals surface area contributed by atoms with Crippen molar-refractivity contribution in [3.05, 3.63) is 20.7 Å². The molecule has 0 aromatic carbocycles. The first-order chi connectivity index (χ1) is 10.5. The molecule has 0 N–H and O–H groups in total. The van der Waals surface area contributed by atoms with Gasteiger partial charge in [0.25, 0.3) is 0 Å². The predicted octanol–water partition coefficient (Wildman–Crippen LogP) is 3.83. The monoisotopic (exact) mass is 338 g/mol. The van der Waals surface area contributed by atoms with Crippen LogP contribution in [0.15, 0.2) is 9.95 Å². The lowest BCUT2D eigenvalue weighted by Crippen LogP contribution is -2.34. The Hall–Kier alpha value is -0.850. The fourth-order valence-corrected chi connectivity index (χ4v) is 4.91. The molecule has 0 fully saturated rings. The standard InChI is InChI=1S/C16H22N2O2S2/c1-5-7-21-15-17-12-13(19)10-8-16(3,4)20-9-11(10)22-14(12)18(15)6-2/h5-9H2,1-4H3. The molecule has 0 bridgehead atoms. The molecule has 0 saturated carbocycles. The quantitative estimate of drug-likeness (QED) is 0.795. The molecular weight excluding hydrogens is 316 g/mol. The van der Waals surface area contributed by atoms with Crippen LogP contribution < -0.4 is 5.43 Å². The summed E-state index contributed by atoms with van der Waals surface area (Å²) in [6.45, 7) is 9.71. The first-order valence-electron chi connectivity index (χ1n) is 7.78. The smallest absolute Gasteiger partial charge is 0.211 e. The van der Waals surface area contributed by atoms with E-state index in [1.54, 1.807) is 23.1 Å². The number of nitrogens with zero attached hydrogens (tertiary/aromatic N) is 2. The molecule has 0 spiro atoms. The summed E-state index contributed by atoms with van der Waals surface area (Å²) in [5.74, 6) is 1.03. The summed E-state index contributed by atoms with van der Waals surface area (Å²) < 4.78 is 8.05. The predicted molar refractivity (Wildman–Crippen MR) is 93.1 cm³/mol. The van der Waals surface area contributed by atoms with E-state index in [4.69, 9.17) is 4.74 Å². The maximum Gasteiger partial charge on any atom is 0.211 e. The van der Waals surface area contributed by atoms with Crippen LogP contribution in [-0.2, 0) is 24.3 Å². The van der Waals surface area contributed by atoms with Crippen LogP contribution in [0.2, 0.25) is 0 Å². The summed E-state index contributed by atoms with van der Waals surface area (Å²) in [6, 6.07) is 0. The van der Waals surface area contributed by atoms with Gasteiger partial charge in [0.05, 0.1) is 12.2 Å². The van der Waals surface area contributed by atoms with E-state index < -0.39 is 0 Å². The molecule has 0 atom stereocenters. The number of rotatable bonds is 4. The van der Waals surface area contributed by atoms with Crippen molar-refractivity contribution in [1.29, 1.82) is 0 Å². The largest absolute Gasteiger partial charge is 0.370 e. The lowest BCUT2D eigenvalue weighted by molar-refractivity contribution is -0.0386.